The van der Waals surface area contributed by atoms with Crippen LogP contribution in [0.5, 0.6) is 0 Å². The van der Waals surface area contributed by atoms with E-state index in [1.807, 2.05) is 12.1 Å². The Balaban J connectivity index is 1.82. The molecule has 1 aliphatic heterocycles. The van der Waals surface area contributed by atoms with Crippen molar-refractivity contribution in [2.75, 3.05) is 7.05 Å². The van der Waals surface area contributed by atoms with Gasteiger partial charge in [-0.25, -0.2) is 4.79 Å². The number of likely N-dealkylation sites (N-methyl/N-ethyl adjacent to an activating group) is 1. The first-order valence-corrected chi connectivity index (χ1v) is 7.49. The highest BCUT2D eigenvalue weighted by molar-refractivity contribution is 6.07. The summed E-state index contributed by atoms with van der Waals surface area (Å²) in [6.45, 7) is 0. The molecule has 0 radical (unpaired) electrons. The van der Waals surface area contributed by atoms with E-state index < -0.39 is 5.54 Å². The molecule has 0 saturated carbocycles. The average molecular weight is 309 g/mol. The minimum absolute atomic E-state index is 0.226. The molecule has 3 amide bonds. The van der Waals surface area contributed by atoms with Gasteiger partial charge in [-0.05, 0) is 42.2 Å². The Morgan fingerprint density at radius 2 is 2.09 bits per heavy atom. The van der Waals surface area contributed by atoms with Crippen molar-refractivity contribution in [2.24, 2.45) is 0 Å². The van der Waals surface area contributed by atoms with Crippen LogP contribution in [0, 0.1) is 0 Å². The molecule has 6 nitrogen and oxygen atoms in total. The molecule has 23 heavy (non-hydrogen) atoms. The number of nitrogens with one attached hydrogen (secondary N) is 1. The molecular formula is C17H15N3O3. The maximum Gasteiger partial charge on any atom is 0.324 e. The van der Waals surface area contributed by atoms with Crippen LogP contribution < -0.4 is 5.32 Å². The van der Waals surface area contributed by atoms with Gasteiger partial charge in [-0.15, -0.1) is 0 Å². The topological polar surface area (TPSA) is 79.4 Å². The van der Waals surface area contributed by atoms with E-state index in [4.69, 9.17) is 0 Å². The summed E-state index contributed by atoms with van der Waals surface area (Å²) in [7, 11) is 1.67. The fourth-order valence-electron chi connectivity index (χ4n) is 3.61. The van der Waals surface area contributed by atoms with Crippen molar-refractivity contribution in [2.45, 2.75) is 24.8 Å². The summed E-state index contributed by atoms with van der Waals surface area (Å²) >= 11 is 0. The molecule has 1 unspecified atom stereocenters. The third-order valence-corrected chi connectivity index (χ3v) is 5.04. The second kappa shape index (κ2) is 4.62. The molecule has 116 valence electrons. The first-order valence-electron chi connectivity index (χ1n) is 7.49. The Bertz CT molecular complexity index is 877. The Kier molecular flexibility index (Phi) is 2.78. The monoisotopic (exact) mass is 309 g/mol. The number of amides is 3. The number of aromatic nitrogens is 1. The van der Waals surface area contributed by atoms with Crippen LogP contribution in [0.2, 0.25) is 0 Å². The lowest BCUT2D eigenvalue weighted by Crippen LogP contribution is -2.51. The lowest BCUT2D eigenvalue weighted by molar-refractivity contribution is -0.126. The van der Waals surface area contributed by atoms with E-state index in [1.54, 1.807) is 19.3 Å². The first-order chi connectivity index (χ1) is 11.0. The van der Waals surface area contributed by atoms with E-state index >= 15 is 0 Å². The lowest BCUT2D eigenvalue weighted by atomic mass is 9.76. The SMILES string of the molecule is CN1C(=O)NC(=O)C12CCc1cc3ncc(C=O)cc3cc1C2. The van der Waals surface area contributed by atoms with Crippen LogP contribution in [0.3, 0.4) is 0 Å². The van der Waals surface area contributed by atoms with Crippen molar-refractivity contribution in [1.82, 2.24) is 15.2 Å². The van der Waals surface area contributed by atoms with E-state index in [0.717, 1.165) is 28.3 Å². The van der Waals surface area contributed by atoms with Crippen molar-refractivity contribution in [3.05, 3.63) is 41.1 Å². The molecule has 4 rings (SSSR count). The van der Waals surface area contributed by atoms with E-state index in [9.17, 15) is 14.4 Å². The number of carbonyl (C=O) groups is 3. The predicted molar refractivity (Wildman–Crippen MR) is 83.2 cm³/mol. The molecule has 6 heteroatoms. The zero-order valence-corrected chi connectivity index (χ0v) is 12.6. The number of rotatable bonds is 1. The van der Waals surface area contributed by atoms with Gasteiger partial charge in [0, 0.05) is 30.6 Å². The maximum absolute atomic E-state index is 12.3. The molecule has 1 fully saturated rings. The molecule has 1 saturated heterocycles. The summed E-state index contributed by atoms with van der Waals surface area (Å²) in [5, 5.41) is 3.28. The second-order valence-corrected chi connectivity index (χ2v) is 6.23. The molecule has 1 aliphatic carbocycles. The minimum Gasteiger partial charge on any atom is -0.312 e. The molecule has 2 aromatic rings. The number of nitrogens with zero attached hydrogens (tertiary/aromatic N) is 2. The second-order valence-electron chi connectivity index (χ2n) is 6.23. The normalized spacial score (nSPS) is 23.3. The van der Waals surface area contributed by atoms with Crippen LogP contribution in [-0.2, 0) is 17.6 Å². The minimum atomic E-state index is -0.798. The van der Waals surface area contributed by atoms with Gasteiger partial charge in [0.25, 0.3) is 5.91 Å². The molecule has 1 aromatic heterocycles. The molecular weight excluding hydrogens is 294 g/mol. The van der Waals surface area contributed by atoms with Crippen molar-refractivity contribution in [1.29, 1.82) is 0 Å². The molecule has 1 spiro atoms. The van der Waals surface area contributed by atoms with Crippen molar-refractivity contribution in [3.8, 4) is 0 Å². The molecule has 2 aliphatic rings. The van der Waals surface area contributed by atoms with Gasteiger partial charge in [0.15, 0.2) is 6.29 Å². The smallest absolute Gasteiger partial charge is 0.312 e. The van der Waals surface area contributed by atoms with Crippen LogP contribution in [0.4, 0.5) is 4.79 Å². The number of fused-ring (bicyclic) bond motifs is 2. The predicted octanol–water partition coefficient (Wildman–Crippen LogP) is 1.46. The molecule has 1 N–H and O–H groups in total. The summed E-state index contributed by atoms with van der Waals surface area (Å²) < 4.78 is 0. The standard InChI is InChI=1S/C17H15N3O3/c1-20-16(23)19-15(22)17(20)3-2-11-6-14-12(5-13(11)7-17)4-10(9-21)8-18-14/h4-6,8-9H,2-3,7H2,1H3,(H,19,22,23). The molecule has 2 heterocycles. The van der Waals surface area contributed by atoms with Gasteiger partial charge in [-0.3, -0.25) is 19.9 Å². The summed E-state index contributed by atoms with van der Waals surface area (Å²) in [6.07, 6.45) is 4.13. The largest absolute Gasteiger partial charge is 0.324 e. The number of pyridine rings is 1. The highest BCUT2D eigenvalue weighted by Gasteiger charge is 2.52. The number of urea groups is 1. The number of hydrogen-bond acceptors (Lipinski definition) is 4. The summed E-state index contributed by atoms with van der Waals surface area (Å²) in [5.74, 6) is -0.226. The van der Waals surface area contributed by atoms with Crippen molar-refractivity contribution < 1.29 is 14.4 Å². The van der Waals surface area contributed by atoms with E-state index in [2.05, 4.69) is 10.3 Å². The van der Waals surface area contributed by atoms with Gasteiger partial charge in [0.1, 0.15) is 5.54 Å². The van der Waals surface area contributed by atoms with Gasteiger partial charge >= 0.3 is 6.03 Å². The number of hydrogen-bond donors (Lipinski definition) is 1. The van der Waals surface area contributed by atoms with Crippen LogP contribution in [0.15, 0.2) is 24.4 Å². The number of aryl methyl sites for hydroxylation is 1. The van der Waals surface area contributed by atoms with Crippen molar-refractivity contribution >= 4 is 29.1 Å². The lowest BCUT2D eigenvalue weighted by Gasteiger charge is -2.37. The number of carbonyl (C=O) groups excluding carboxylic acids is 3. The fraction of sp³-hybridized carbons (Fsp3) is 0.294. The third-order valence-electron chi connectivity index (χ3n) is 5.04. The number of benzene rings is 1. The van der Waals surface area contributed by atoms with Crippen molar-refractivity contribution in [3.63, 3.8) is 0 Å². The van der Waals surface area contributed by atoms with Gasteiger partial charge in [-0.2, -0.15) is 0 Å². The zero-order chi connectivity index (χ0) is 16.2. The summed E-state index contributed by atoms with van der Waals surface area (Å²) in [4.78, 5) is 40.9. The van der Waals surface area contributed by atoms with Crippen LogP contribution in [-0.4, -0.2) is 40.7 Å². The highest BCUT2D eigenvalue weighted by Crippen LogP contribution is 2.37. The quantitative estimate of drug-likeness (QED) is 0.639. The first kappa shape index (κ1) is 13.9. The summed E-state index contributed by atoms with van der Waals surface area (Å²) in [5.41, 5.74) is 2.74. The maximum atomic E-state index is 12.3. The van der Waals surface area contributed by atoms with Crippen LogP contribution >= 0.6 is 0 Å². The van der Waals surface area contributed by atoms with E-state index in [0.29, 0.717) is 24.8 Å². The average Bonchev–Trinajstić information content (AvgIpc) is 2.76. The summed E-state index contributed by atoms with van der Waals surface area (Å²) in [6, 6.07) is 5.45. The van der Waals surface area contributed by atoms with Gasteiger partial charge in [0.05, 0.1) is 5.52 Å². The van der Waals surface area contributed by atoms with E-state index in [1.165, 1.54) is 4.90 Å². The number of imide groups is 1. The Morgan fingerprint density at radius 1 is 1.26 bits per heavy atom. The third kappa shape index (κ3) is 1.87. The zero-order valence-electron chi connectivity index (χ0n) is 12.6. The molecule has 0 bridgehead atoms. The van der Waals surface area contributed by atoms with Gasteiger partial charge < -0.3 is 4.90 Å². The Labute approximate surface area is 132 Å². The number of aldehydes is 1. The van der Waals surface area contributed by atoms with Crippen LogP contribution in [0.1, 0.15) is 27.9 Å². The van der Waals surface area contributed by atoms with Gasteiger partial charge in [0.2, 0.25) is 0 Å². The Hall–Kier alpha value is -2.76. The fourth-order valence-corrected chi connectivity index (χ4v) is 3.61. The molecule has 1 atom stereocenters. The molecule has 1 aromatic carbocycles. The van der Waals surface area contributed by atoms with Crippen LogP contribution in [0.25, 0.3) is 10.9 Å². The Morgan fingerprint density at radius 3 is 2.78 bits per heavy atom. The van der Waals surface area contributed by atoms with Gasteiger partial charge in [-0.1, -0.05) is 0 Å². The highest BCUT2D eigenvalue weighted by atomic mass is 16.2. The van der Waals surface area contributed by atoms with E-state index in [-0.39, 0.29) is 11.9 Å².